The number of aliphatic imine (C=N–C) groups is 1. The molecule has 2 N–H and O–H groups in total. The molecule has 0 unspecified atom stereocenters. The van der Waals surface area contributed by atoms with E-state index in [1.807, 2.05) is 68.6 Å². The summed E-state index contributed by atoms with van der Waals surface area (Å²) in [4.78, 5) is 17.9. The number of para-hydroxylation sites is 1. The Balaban J connectivity index is 0.000000278. The molecular weight excluding hydrogens is 420 g/mol. The molecule has 0 saturated heterocycles. The van der Waals surface area contributed by atoms with Gasteiger partial charge in [-0.05, 0) is 56.0 Å². The number of aliphatic hydroxyl groups is 1. The Morgan fingerprint density at radius 2 is 1.78 bits per heavy atom. The Labute approximate surface area is 194 Å². The lowest BCUT2D eigenvalue weighted by molar-refractivity contribution is 0.0945. The van der Waals surface area contributed by atoms with Crippen molar-refractivity contribution in [3.63, 3.8) is 0 Å². The number of thiophene rings is 1. The number of carbonyl (C=O) groups excluding carboxylic acids is 1. The van der Waals surface area contributed by atoms with Crippen LogP contribution in [0.3, 0.4) is 0 Å². The van der Waals surface area contributed by atoms with E-state index in [0.29, 0.717) is 17.2 Å². The van der Waals surface area contributed by atoms with Crippen molar-refractivity contribution in [3.8, 4) is 5.75 Å². The molecule has 0 spiro atoms. The molecule has 0 saturated carbocycles. The minimum absolute atomic E-state index is 0.0739. The predicted molar refractivity (Wildman–Crippen MR) is 134 cm³/mol. The summed E-state index contributed by atoms with van der Waals surface area (Å²) in [6.07, 6.45) is 2.93. The summed E-state index contributed by atoms with van der Waals surface area (Å²) in [5.41, 5.74) is 4.57. The SMILES string of the molecule is CCC=Nc1ccccc1C.Cc1cc(OCc2ccccc2C)c(C(=O)NCCO)s1. The molecule has 0 bridgehead atoms. The Bertz CT molecular complexity index is 1030. The summed E-state index contributed by atoms with van der Waals surface area (Å²) >= 11 is 1.39. The molecule has 0 aliphatic carbocycles. The zero-order chi connectivity index (χ0) is 23.3. The van der Waals surface area contributed by atoms with Gasteiger partial charge in [0.2, 0.25) is 0 Å². The molecule has 1 heterocycles. The van der Waals surface area contributed by atoms with E-state index >= 15 is 0 Å². The zero-order valence-corrected chi connectivity index (χ0v) is 20.0. The van der Waals surface area contributed by atoms with E-state index in [9.17, 15) is 4.79 Å². The summed E-state index contributed by atoms with van der Waals surface area (Å²) in [6, 6.07) is 18.0. The van der Waals surface area contributed by atoms with Gasteiger partial charge < -0.3 is 15.2 Å². The molecule has 170 valence electrons. The lowest BCUT2D eigenvalue weighted by Gasteiger charge is -2.09. The summed E-state index contributed by atoms with van der Waals surface area (Å²) in [5, 5.41) is 11.4. The van der Waals surface area contributed by atoms with Crippen LogP contribution in [0.5, 0.6) is 5.75 Å². The fourth-order valence-corrected chi connectivity index (χ4v) is 3.70. The third-order valence-electron chi connectivity index (χ3n) is 4.60. The quantitative estimate of drug-likeness (QED) is 0.426. The first kappa shape index (κ1) is 25.3. The second kappa shape index (κ2) is 13.5. The van der Waals surface area contributed by atoms with E-state index in [1.54, 1.807) is 0 Å². The Hall–Kier alpha value is -2.96. The topological polar surface area (TPSA) is 70.9 Å². The fraction of sp³-hybridized carbons (Fsp3) is 0.308. The molecular formula is C26H32N2O3S. The van der Waals surface area contributed by atoms with Crippen LogP contribution in [0, 0.1) is 20.8 Å². The normalized spacial score (nSPS) is 10.5. The van der Waals surface area contributed by atoms with Crippen molar-refractivity contribution in [1.82, 2.24) is 5.32 Å². The van der Waals surface area contributed by atoms with Gasteiger partial charge in [0.15, 0.2) is 0 Å². The highest BCUT2D eigenvalue weighted by Crippen LogP contribution is 2.29. The minimum Gasteiger partial charge on any atom is -0.487 e. The maximum Gasteiger partial charge on any atom is 0.265 e. The molecule has 3 rings (SSSR count). The molecule has 3 aromatic rings. The van der Waals surface area contributed by atoms with Crippen molar-refractivity contribution in [2.45, 2.75) is 40.7 Å². The van der Waals surface area contributed by atoms with Crippen LogP contribution in [0.2, 0.25) is 0 Å². The predicted octanol–water partition coefficient (Wildman–Crippen LogP) is 5.77. The van der Waals surface area contributed by atoms with Gasteiger partial charge in [-0.25, -0.2) is 0 Å². The molecule has 0 radical (unpaired) electrons. The number of benzene rings is 2. The highest BCUT2D eigenvalue weighted by molar-refractivity contribution is 7.14. The van der Waals surface area contributed by atoms with Crippen LogP contribution in [0.4, 0.5) is 5.69 Å². The number of aliphatic hydroxyl groups excluding tert-OH is 1. The fourth-order valence-electron chi connectivity index (χ4n) is 2.83. The van der Waals surface area contributed by atoms with Crippen molar-refractivity contribution in [2.24, 2.45) is 4.99 Å². The molecule has 1 amide bonds. The van der Waals surface area contributed by atoms with Gasteiger partial charge in [-0.3, -0.25) is 9.79 Å². The number of rotatable bonds is 8. The third-order valence-corrected chi connectivity index (χ3v) is 5.63. The summed E-state index contributed by atoms with van der Waals surface area (Å²) in [7, 11) is 0. The maximum absolute atomic E-state index is 12.0. The van der Waals surface area contributed by atoms with Gasteiger partial charge in [-0.1, -0.05) is 49.4 Å². The highest BCUT2D eigenvalue weighted by Gasteiger charge is 2.16. The molecule has 0 aliphatic heterocycles. The Kier molecular flexibility index (Phi) is 10.6. The summed E-state index contributed by atoms with van der Waals surface area (Å²) in [5.74, 6) is 0.387. The van der Waals surface area contributed by atoms with E-state index in [2.05, 4.69) is 30.2 Å². The van der Waals surface area contributed by atoms with E-state index in [4.69, 9.17) is 9.84 Å². The second-order valence-electron chi connectivity index (χ2n) is 7.25. The largest absolute Gasteiger partial charge is 0.487 e. The molecule has 0 aliphatic rings. The van der Waals surface area contributed by atoms with Gasteiger partial charge >= 0.3 is 0 Å². The van der Waals surface area contributed by atoms with Crippen molar-refractivity contribution >= 4 is 29.1 Å². The van der Waals surface area contributed by atoms with E-state index in [1.165, 1.54) is 16.9 Å². The van der Waals surface area contributed by atoms with Gasteiger partial charge in [0.25, 0.3) is 5.91 Å². The van der Waals surface area contributed by atoms with Crippen molar-refractivity contribution in [1.29, 1.82) is 0 Å². The van der Waals surface area contributed by atoms with Crippen LogP contribution >= 0.6 is 11.3 Å². The summed E-state index contributed by atoms with van der Waals surface area (Å²) in [6.45, 7) is 8.73. The van der Waals surface area contributed by atoms with Crippen LogP contribution < -0.4 is 10.1 Å². The number of hydrogen-bond acceptors (Lipinski definition) is 5. The van der Waals surface area contributed by atoms with Gasteiger partial charge in [0.05, 0.1) is 12.3 Å². The van der Waals surface area contributed by atoms with Gasteiger partial charge in [0.1, 0.15) is 17.2 Å². The van der Waals surface area contributed by atoms with Gasteiger partial charge in [-0.15, -0.1) is 11.3 Å². The smallest absolute Gasteiger partial charge is 0.265 e. The van der Waals surface area contributed by atoms with Crippen LogP contribution in [0.15, 0.2) is 59.6 Å². The molecule has 0 fully saturated rings. The monoisotopic (exact) mass is 452 g/mol. The number of ether oxygens (including phenoxy) is 1. The first-order chi connectivity index (χ1) is 15.5. The van der Waals surface area contributed by atoms with Crippen molar-refractivity contribution < 1.29 is 14.6 Å². The number of amides is 1. The number of carbonyl (C=O) groups is 1. The highest BCUT2D eigenvalue weighted by atomic mass is 32.1. The van der Waals surface area contributed by atoms with Crippen molar-refractivity contribution in [3.05, 3.63) is 81.0 Å². The second-order valence-corrected chi connectivity index (χ2v) is 8.51. The lowest BCUT2D eigenvalue weighted by atomic mass is 10.1. The van der Waals surface area contributed by atoms with Gasteiger partial charge in [0, 0.05) is 17.6 Å². The first-order valence-corrected chi connectivity index (χ1v) is 11.5. The third kappa shape index (κ3) is 7.94. The number of nitrogens with zero attached hydrogens (tertiary/aromatic N) is 1. The van der Waals surface area contributed by atoms with Crippen LogP contribution in [0.1, 0.15) is 44.6 Å². The molecule has 0 atom stereocenters. The van der Waals surface area contributed by atoms with E-state index < -0.39 is 0 Å². The number of nitrogens with one attached hydrogen (secondary N) is 1. The lowest BCUT2D eigenvalue weighted by Crippen LogP contribution is -2.25. The Morgan fingerprint density at radius 1 is 1.09 bits per heavy atom. The average Bonchev–Trinajstić information content (AvgIpc) is 3.17. The molecule has 32 heavy (non-hydrogen) atoms. The number of aryl methyl sites for hydroxylation is 3. The molecule has 1 aromatic heterocycles. The minimum atomic E-state index is -0.207. The molecule has 6 heteroatoms. The number of hydrogen-bond donors (Lipinski definition) is 2. The standard InChI is InChI=1S/C16H19NO3S.C10H13N/c1-11-5-3-4-6-13(11)10-20-14-9-12(2)21-15(14)16(19)17-7-8-18;1-3-8-11-10-7-5-4-6-9(10)2/h3-6,9,18H,7-8,10H2,1-2H3,(H,17,19);4-8H,3H2,1-2H3. The van der Waals surface area contributed by atoms with Crippen LogP contribution in [-0.2, 0) is 6.61 Å². The molecule has 2 aromatic carbocycles. The van der Waals surface area contributed by atoms with E-state index in [0.717, 1.165) is 28.1 Å². The summed E-state index contributed by atoms with van der Waals surface area (Å²) < 4.78 is 5.81. The molecule has 5 nitrogen and oxygen atoms in total. The van der Waals surface area contributed by atoms with Gasteiger partial charge in [-0.2, -0.15) is 0 Å². The van der Waals surface area contributed by atoms with Crippen LogP contribution in [-0.4, -0.2) is 30.4 Å². The van der Waals surface area contributed by atoms with Crippen molar-refractivity contribution in [2.75, 3.05) is 13.2 Å². The average molecular weight is 453 g/mol. The first-order valence-electron chi connectivity index (χ1n) is 10.7. The Morgan fingerprint density at radius 3 is 2.44 bits per heavy atom. The van der Waals surface area contributed by atoms with E-state index in [-0.39, 0.29) is 19.1 Å². The van der Waals surface area contributed by atoms with Crippen LogP contribution in [0.25, 0.3) is 0 Å². The maximum atomic E-state index is 12.0. The zero-order valence-electron chi connectivity index (χ0n) is 19.2.